The van der Waals surface area contributed by atoms with Crippen LogP contribution in [0.5, 0.6) is 5.75 Å². The van der Waals surface area contributed by atoms with E-state index < -0.39 is 5.91 Å². The van der Waals surface area contributed by atoms with E-state index in [1.807, 2.05) is 25.1 Å². The summed E-state index contributed by atoms with van der Waals surface area (Å²) in [6.07, 6.45) is 0. The number of nitrogens with one attached hydrogen (secondary N) is 1. The van der Waals surface area contributed by atoms with Crippen LogP contribution in [0.1, 0.15) is 21.5 Å². The van der Waals surface area contributed by atoms with E-state index in [1.165, 1.54) is 0 Å². The van der Waals surface area contributed by atoms with Crippen LogP contribution >= 0.6 is 31.9 Å². The van der Waals surface area contributed by atoms with E-state index in [-0.39, 0.29) is 5.75 Å². The number of halogens is 2. The summed E-state index contributed by atoms with van der Waals surface area (Å²) in [5.74, 6) is -0.253. The fraction of sp³-hybridized carbons (Fsp3) is 0.133. The third kappa shape index (κ3) is 3.77. The molecule has 0 aromatic heterocycles. The summed E-state index contributed by atoms with van der Waals surface area (Å²) in [6.45, 7) is 2.51. The Kier molecular flexibility index (Phi) is 4.90. The second-order valence-corrected chi connectivity index (χ2v) is 6.36. The number of hydrogen-bond donors (Lipinski definition) is 3. The minimum atomic E-state index is -0.434. The van der Waals surface area contributed by atoms with Crippen molar-refractivity contribution in [1.82, 2.24) is 0 Å². The number of amides is 1. The maximum absolute atomic E-state index is 11.1. The van der Waals surface area contributed by atoms with Gasteiger partial charge >= 0.3 is 0 Å². The number of anilines is 1. The zero-order valence-electron chi connectivity index (χ0n) is 11.3. The average Bonchev–Trinajstić information content (AvgIpc) is 2.43. The van der Waals surface area contributed by atoms with E-state index >= 15 is 0 Å². The number of nitrogens with two attached hydrogens (primary N) is 1. The lowest BCUT2D eigenvalue weighted by Crippen LogP contribution is -2.11. The molecule has 1 amide bonds. The molecule has 0 atom stereocenters. The van der Waals surface area contributed by atoms with E-state index in [9.17, 15) is 9.90 Å². The predicted octanol–water partition coefficient (Wildman–Crippen LogP) is 3.94. The van der Waals surface area contributed by atoms with Gasteiger partial charge in [-0.2, -0.15) is 0 Å². The lowest BCUT2D eigenvalue weighted by Gasteiger charge is -2.12. The minimum Gasteiger partial charge on any atom is -0.506 e. The normalized spacial score (nSPS) is 10.4. The van der Waals surface area contributed by atoms with Gasteiger partial charge in [0.05, 0.1) is 8.95 Å². The highest BCUT2D eigenvalue weighted by atomic mass is 79.9. The molecule has 0 radical (unpaired) electrons. The van der Waals surface area contributed by atoms with Gasteiger partial charge in [-0.05, 0) is 80.2 Å². The van der Waals surface area contributed by atoms with Crippen LogP contribution < -0.4 is 11.1 Å². The molecular formula is C15H14Br2N2O2. The number of aryl methyl sites for hydroxylation is 1. The highest BCUT2D eigenvalue weighted by Gasteiger charge is 2.07. The molecule has 0 aliphatic rings. The minimum absolute atomic E-state index is 0.181. The fourth-order valence-electron chi connectivity index (χ4n) is 1.93. The first kappa shape index (κ1) is 15.9. The summed E-state index contributed by atoms with van der Waals surface area (Å²) in [6, 6.07) is 8.98. The quantitative estimate of drug-likeness (QED) is 0.710. The lowest BCUT2D eigenvalue weighted by molar-refractivity contribution is 0.1000. The molecule has 0 saturated carbocycles. The van der Waals surface area contributed by atoms with Crippen LogP contribution in [0.3, 0.4) is 0 Å². The third-order valence-corrected chi connectivity index (χ3v) is 4.28. The van der Waals surface area contributed by atoms with Gasteiger partial charge in [0.25, 0.3) is 0 Å². The Balaban J connectivity index is 2.15. The Labute approximate surface area is 139 Å². The second-order valence-electron chi connectivity index (χ2n) is 4.66. The molecular weight excluding hydrogens is 400 g/mol. The number of primary amides is 1. The third-order valence-electron chi connectivity index (χ3n) is 3.07. The van der Waals surface area contributed by atoms with Crippen molar-refractivity contribution in [3.8, 4) is 5.75 Å². The average molecular weight is 414 g/mol. The molecule has 0 aliphatic heterocycles. The Morgan fingerprint density at radius 3 is 2.38 bits per heavy atom. The van der Waals surface area contributed by atoms with Gasteiger partial charge in [0, 0.05) is 17.8 Å². The predicted molar refractivity (Wildman–Crippen MR) is 90.5 cm³/mol. The van der Waals surface area contributed by atoms with Gasteiger partial charge in [0.15, 0.2) is 0 Å². The van der Waals surface area contributed by atoms with Crippen molar-refractivity contribution >= 4 is 43.5 Å². The van der Waals surface area contributed by atoms with Crippen molar-refractivity contribution in [3.63, 3.8) is 0 Å². The van der Waals surface area contributed by atoms with Crippen LogP contribution in [-0.4, -0.2) is 11.0 Å². The van der Waals surface area contributed by atoms with Gasteiger partial charge in [-0.3, -0.25) is 4.79 Å². The van der Waals surface area contributed by atoms with Crippen LogP contribution in [0.4, 0.5) is 5.69 Å². The fourth-order valence-corrected chi connectivity index (χ4v) is 3.21. The van der Waals surface area contributed by atoms with Crippen molar-refractivity contribution in [1.29, 1.82) is 0 Å². The Morgan fingerprint density at radius 2 is 1.86 bits per heavy atom. The highest BCUT2D eigenvalue weighted by Crippen LogP contribution is 2.33. The summed E-state index contributed by atoms with van der Waals surface area (Å²) < 4.78 is 1.27. The number of aromatic hydroxyl groups is 1. The molecule has 0 heterocycles. The van der Waals surface area contributed by atoms with Gasteiger partial charge in [-0.25, -0.2) is 0 Å². The summed E-state index contributed by atoms with van der Waals surface area (Å²) >= 11 is 6.61. The van der Waals surface area contributed by atoms with Gasteiger partial charge < -0.3 is 16.2 Å². The number of benzene rings is 2. The van der Waals surface area contributed by atoms with Crippen molar-refractivity contribution in [3.05, 3.63) is 56.0 Å². The van der Waals surface area contributed by atoms with Crippen molar-refractivity contribution < 1.29 is 9.90 Å². The van der Waals surface area contributed by atoms with E-state index in [0.717, 1.165) is 16.8 Å². The first-order valence-corrected chi connectivity index (χ1v) is 7.78. The number of phenols is 1. The lowest BCUT2D eigenvalue weighted by atomic mass is 10.1. The molecule has 0 unspecified atom stereocenters. The number of hydrogen-bond acceptors (Lipinski definition) is 3. The van der Waals surface area contributed by atoms with Crippen molar-refractivity contribution in [2.24, 2.45) is 5.73 Å². The van der Waals surface area contributed by atoms with Gasteiger partial charge in [-0.15, -0.1) is 0 Å². The number of rotatable bonds is 4. The molecule has 4 N–H and O–H groups in total. The maximum Gasteiger partial charge on any atom is 0.248 e. The Hall–Kier alpha value is -1.53. The molecule has 0 fully saturated rings. The first-order chi connectivity index (χ1) is 9.88. The SMILES string of the molecule is Cc1cc(C(N)=O)ccc1NCc1cc(Br)c(O)c(Br)c1. The molecule has 21 heavy (non-hydrogen) atoms. The van der Waals surface area contributed by atoms with Crippen LogP contribution in [0.15, 0.2) is 39.3 Å². The maximum atomic E-state index is 11.1. The molecule has 2 aromatic rings. The molecule has 6 heteroatoms. The van der Waals surface area contributed by atoms with Crippen LogP contribution in [0.25, 0.3) is 0 Å². The number of phenolic OH excluding ortho intramolecular Hbond substituents is 1. The topological polar surface area (TPSA) is 75.4 Å². The number of carbonyl (C=O) groups excluding carboxylic acids is 1. The van der Waals surface area contributed by atoms with Gasteiger partial charge in [0.2, 0.25) is 5.91 Å². The molecule has 0 spiro atoms. The monoisotopic (exact) mass is 412 g/mol. The summed E-state index contributed by atoms with van der Waals surface area (Å²) in [5.41, 5.74) is 8.63. The zero-order valence-corrected chi connectivity index (χ0v) is 14.5. The van der Waals surface area contributed by atoms with E-state index in [1.54, 1.807) is 12.1 Å². The van der Waals surface area contributed by atoms with E-state index in [2.05, 4.69) is 37.2 Å². The van der Waals surface area contributed by atoms with Crippen LogP contribution in [-0.2, 0) is 6.54 Å². The molecule has 2 aromatic carbocycles. The second kappa shape index (κ2) is 6.49. The van der Waals surface area contributed by atoms with Gasteiger partial charge in [-0.1, -0.05) is 0 Å². The summed E-state index contributed by atoms with van der Waals surface area (Å²) in [7, 11) is 0. The largest absolute Gasteiger partial charge is 0.506 e. The highest BCUT2D eigenvalue weighted by molar-refractivity contribution is 9.11. The van der Waals surface area contributed by atoms with E-state index in [0.29, 0.717) is 21.1 Å². The smallest absolute Gasteiger partial charge is 0.248 e. The van der Waals surface area contributed by atoms with Crippen molar-refractivity contribution in [2.75, 3.05) is 5.32 Å². The summed E-state index contributed by atoms with van der Waals surface area (Å²) in [4.78, 5) is 11.1. The summed E-state index contributed by atoms with van der Waals surface area (Å²) in [5, 5.41) is 13.0. The molecule has 110 valence electrons. The van der Waals surface area contributed by atoms with Crippen LogP contribution in [0, 0.1) is 6.92 Å². The molecule has 4 nitrogen and oxygen atoms in total. The Bertz CT molecular complexity index is 679. The number of carbonyl (C=O) groups is 1. The Morgan fingerprint density at radius 1 is 1.24 bits per heavy atom. The van der Waals surface area contributed by atoms with Crippen LogP contribution in [0.2, 0.25) is 0 Å². The molecule has 2 rings (SSSR count). The molecule has 0 bridgehead atoms. The first-order valence-electron chi connectivity index (χ1n) is 6.19. The van der Waals surface area contributed by atoms with E-state index in [4.69, 9.17) is 5.73 Å². The molecule has 0 saturated heterocycles. The van der Waals surface area contributed by atoms with Gasteiger partial charge in [0.1, 0.15) is 5.75 Å². The molecule has 0 aliphatic carbocycles. The van der Waals surface area contributed by atoms with Crippen molar-refractivity contribution in [2.45, 2.75) is 13.5 Å². The standard InChI is InChI=1S/C15H14Br2N2O2/c1-8-4-10(15(18)21)2-3-13(8)19-7-9-5-11(16)14(20)12(17)6-9/h2-6,19-20H,7H2,1H3,(H2,18,21). The zero-order chi connectivity index (χ0) is 15.6.